The van der Waals surface area contributed by atoms with E-state index in [2.05, 4.69) is 5.32 Å². The van der Waals surface area contributed by atoms with Crippen molar-refractivity contribution in [2.24, 2.45) is 0 Å². The highest BCUT2D eigenvalue weighted by atomic mass is 35.5. The number of rotatable bonds is 6. The Kier molecular flexibility index (Phi) is 7.43. The number of amides is 2. The fraction of sp³-hybridized carbons (Fsp3) is 0.222. The molecular formula is C27H26Cl2N4O2. The predicted octanol–water partition coefficient (Wildman–Crippen LogP) is 7.01. The van der Waals surface area contributed by atoms with Gasteiger partial charge in [0.15, 0.2) is 0 Å². The standard InChI is InChI=1S/C27H26Cl2N4O2/c1-4-15-32(27(35)30-19-11-14-22(28)23(29)16-19)18(3)25-31-24-8-6-5-7-21(24)26(34)33(25)20-12-9-17(2)10-13-20/h5-14,16,18H,4,15H2,1-3H3,(H,30,35)/t18-/m0/s1. The largest absolute Gasteiger partial charge is 0.322 e. The number of aryl methyl sites for hydroxylation is 1. The molecule has 0 fully saturated rings. The average Bonchev–Trinajstić information content (AvgIpc) is 2.85. The summed E-state index contributed by atoms with van der Waals surface area (Å²) in [7, 11) is 0. The smallest absolute Gasteiger partial charge is 0.315 e. The number of nitrogens with one attached hydrogen (secondary N) is 1. The molecule has 8 heteroatoms. The lowest BCUT2D eigenvalue weighted by Crippen LogP contribution is -2.40. The molecule has 0 aliphatic heterocycles. The molecule has 0 saturated heterocycles. The summed E-state index contributed by atoms with van der Waals surface area (Å²) in [6.07, 6.45) is 0.724. The highest BCUT2D eigenvalue weighted by molar-refractivity contribution is 6.42. The van der Waals surface area contributed by atoms with E-state index in [-0.39, 0.29) is 11.6 Å². The predicted molar refractivity (Wildman–Crippen MR) is 143 cm³/mol. The molecule has 2 amide bonds. The first kappa shape index (κ1) is 24.8. The number of nitrogens with zero attached hydrogens (tertiary/aromatic N) is 3. The number of carbonyl (C=O) groups excluding carboxylic acids is 1. The van der Waals surface area contributed by atoms with Gasteiger partial charge in [-0.15, -0.1) is 0 Å². The lowest BCUT2D eigenvalue weighted by atomic mass is 10.1. The first-order valence-electron chi connectivity index (χ1n) is 11.4. The second-order valence-corrected chi connectivity index (χ2v) is 9.21. The summed E-state index contributed by atoms with van der Waals surface area (Å²) in [4.78, 5) is 33.5. The lowest BCUT2D eigenvalue weighted by molar-refractivity contribution is 0.189. The molecule has 1 N–H and O–H groups in total. The zero-order valence-electron chi connectivity index (χ0n) is 19.8. The van der Waals surface area contributed by atoms with Gasteiger partial charge in [-0.2, -0.15) is 0 Å². The molecule has 1 atom stereocenters. The van der Waals surface area contributed by atoms with Crippen molar-refractivity contribution in [3.05, 3.63) is 98.5 Å². The molecule has 180 valence electrons. The van der Waals surface area contributed by atoms with E-state index in [9.17, 15) is 9.59 Å². The number of carbonyl (C=O) groups is 1. The molecule has 1 aromatic heterocycles. The van der Waals surface area contributed by atoms with Gasteiger partial charge in [-0.3, -0.25) is 9.36 Å². The van der Waals surface area contributed by atoms with Crippen molar-refractivity contribution in [1.29, 1.82) is 0 Å². The third-order valence-corrected chi connectivity index (χ3v) is 6.57. The molecule has 6 nitrogen and oxygen atoms in total. The van der Waals surface area contributed by atoms with Gasteiger partial charge in [0.1, 0.15) is 5.82 Å². The Hall–Kier alpha value is -3.35. The first-order chi connectivity index (χ1) is 16.8. The summed E-state index contributed by atoms with van der Waals surface area (Å²) < 4.78 is 1.60. The van der Waals surface area contributed by atoms with Crippen LogP contribution in [0.15, 0.2) is 71.5 Å². The molecule has 0 spiro atoms. The van der Waals surface area contributed by atoms with Gasteiger partial charge in [-0.25, -0.2) is 9.78 Å². The van der Waals surface area contributed by atoms with Crippen molar-refractivity contribution >= 4 is 45.8 Å². The van der Waals surface area contributed by atoms with Crippen LogP contribution >= 0.6 is 23.2 Å². The van der Waals surface area contributed by atoms with E-state index in [4.69, 9.17) is 28.2 Å². The number of hydrogen-bond acceptors (Lipinski definition) is 3. The van der Waals surface area contributed by atoms with Crippen LogP contribution in [0.4, 0.5) is 10.5 Å². The molecular weight excluding hydrogens is 483 g/mol. The van der Waals surface area contributed by atoms with Gasteiger partial charge in [-0.05, 0) is 62.7 Å². The number of para-hydroxylation sites is 1. The Morgan fingerprint density at radius 3 is 2.46 bits per heavy atom. The van der Waals surface area contributed by atoms with Crippen LogP contribution in [0.3, 0.4) is 0 Å². The summed E-state index contributed by atoms with van der Waals surface area (Å²) in [5, 5.41) is 4.17. The number of halogens is 2. The number of urea groups is 1. The first-order valence-corrected chi connectivity index (χ1v) is 12.2. The Balaban J connectivity index is 1.81. The molecule has 4 aromatic rings. The number of anilines is 1. The molecule has 4 rings (SSSR count). The van der Waals surface area contributed by atoms with Crippen molar-refractivity contribution in [2.45, 2.75) is 33.2 Å². The summed E-state index contributed by atoms with van der Waals surface area (Å²) in [5.41, 5.74) is 2.72. The minimum atomic E-state index is -0.503. The zero-order valence-corrected chi connectivity index (χ0v) is 21.3. The average molecular weight is 509 g/mol. The van der Waals surface area contributed by atoms with E-state index in [0.29, 0.717) is 44.7 Å². The van der Waals surface area contributed by atoms with Crippen molar-refractivity contribution in [1.82, 2.24) is 14.5 Å². The third kappa shape index (κ3) is 5.19. The SMILES string of the molecule is CCCN(C(=O)Nc1ccc(Cl)c(Cl)c1)[C@@H](C)c1nc2ccccc2c(=O)n1-c1ccc(C)cc1. The Bertz CT molecular complexity index is 1430. The van der Waals surface area contributed by atoms with E-state index in [1.165, 1.54) is 0 Å². The van der Waals surface area contributed by atoms with Crippen LogP contribution in [0.5, 0.6) is 0 Å². The molecule has 0 unspecified atom stereocenters. The van der Waals surface area contributed by atoms with Crippen molar-refractivity contribution in [3.8, 4) is 5.69 Å². The van der Waals surface area contributed by atoms with Crippen LogP contribution in [-0.4, -0.2) is 27.0 Å². The van der Waals surface area contributed by atoms with Crippen LogP contribution in [0.2, 0.25) is 10.0 Å². The Morgan fingerprint density at radius 2 is 1.77 bits per heavy atom. The van der Waals surface area contributed by atoms with Crippen LogP contribution in [-0.2, 0) is 0 Å². The van der Waals surface area contributed by atoms with E-state index in [1.807, 2.05) is 63.2 Å². The fourth-order valence-electron chi connectivity index (χ4n) is 3.99. The second-order valence-electron chi connectivity index (χ2n) is 8.39. The van der Waals surface area contributed by atoms with E-state index in [1.54, 1.807) is 33.7 Å². The monoisotopic (exact) mass is 508 g/mol. The van der Waals surface area contributed by atoms with Gasteiger partial charge in [0, 0.05) is 12.2 Å². The normalized spacial score (nSPS) is 11.9. The quantitative estimate of drug-likeness (QED) is 0.304. The lowest BCUT2D eigenvalue weighted by Gasteiger charge is -2.30. The number of benzene rings is 3. The summed E-state index contributed by atoms with van der Waals surface area (Å²) in [6.45, 7) is 6.33. The molecule has 1 heterocycles. The second kappa shape index (κ2) is 10.5. The Labute approximate surface area is 214 Å². The van der Waals surface area contributed by atoms with Gasteiger partial charge in [-0.1, -0.05) is 60.0 Å². The molecule has 3 aromatic carbocycles. The van der Waals surface area contributed by atoms with E-state index < -0.39 is 6.04 Å². The topological polar surface area (TPSA) is 67.2 Å². The van der Waals surface area contributed by atoms with E-state index in [0.717, 1.165) is 12.0 Å². The van der Waals surface area contributed by atoms with Crippen LogP contribution in [0.25, 0.3) is 16.6 Å². The van der Waals surface area contributed by atoms with Gasteiger partial charge >= 0.3 is 6.03 Å². The van der Waals surface area contributed by atoms with Crippen molar-refractivity contribution in [3.63, 3.8) is 0 Å². The van der Waals surface area contributed by atoms with Crippen molar-refractivity contribution < 1.29 is 4.79 Å². The van der Waals surface area contributed by atoms with Crippen LogP contribution in [0, 0.1) is 6.92 Å². The van der Waals surface area contributed by atoms with Crippen LogP contribution < -0.4 is 10.9 Å². The zero-order chi connectivity index (χ0) is 25.1. The van der Waals surface area contributed by atoms with Gasteiger partial charge in [0.05, 0.1) is 32.7 Å². The van der Waals surface area contributed by atoms with Gasteiger partial charge in [0.2, 0.25) is 0 Å². The molecule has 35 heavy (non-hydrogen) atoms. The third-order valence-electron chi connectivity index (χ3n) is 5.83. The molecule has 0 aliphatic carbocycles. The summed E-state index contributed by atoms with van der Waals surface area (Å²) >= 11 is 12.1. The molecule has 0 aliphatic rings. The summed E-state index contributed by atoms with van der Waals surface area (Å²) in [6, 6.07) is 19.0. The maximum absolute atomic E-state index is 13.6. The van der Waals surface area contributed by atoms with E-state index >= 15 is 0 Å². The number of fused-ring (bicyclic) bond motifs is 1. The number of aromatic nitrogens is 2. The fourth-order valence-corrected chi connectivity index (χ4v) is 4.29. The number of hydrogen-bond donors (Lipinski definition) is 1. The van der Waals surface area contributed by atoms with Crippen molar-refractivity contribution in [2.75, 3.05) is 11.9 Å². The maximum Gasteiger partial charge on any atom is 0.322 e. The van der Waals surface area contributed by atoms with Gasteiger partial charge < -0.3 is 10.2 Å². The highest BCUT2D eigenvalue weighted by Gasteiger charge is 2.26. The molecule has 0 bridgehead atoms. The Morgan fingerprint density at radius 1 is 1.06 bits per heavy atom. The minimum Gasteiger partial charge on any atom is -0.315 e. The minimum absolute atomic E-state index is 0.178. The van der Waals surface area contributed by atoms with Crippen LogP contribution in [0.1, 0.15) is 37.7 Å². The van der Waals surface area contributed by atoms with Gasteiger partial charge in [0.25, 0.3) is 5.56 Å². The highest BCUT2D eigenvalue weighted by Crippen LogP contribution is 2.27. The molecule has 0 saturated carbocycles. The maximum atomic E-state index is 13.6. The molecule has 0 radical (unpaired) electrons. The summed E-state index contributed by atoms with van der Waals surface area (Å²) in [5.74, 6) is 0.482.